The van der Waals surface area contributed by atoms with Gasteiger partial charge >= 0.3 is 0 Å². The minimum Gasteiger partial charge on any atom is -0.350 e. The van der Waals surface area contributed by atoms with E-state index in [2.05, 4.69) is 20.4 Å². The van der Waals surface area contributed by atoms with Gasteiger partial charge in [-0.15, -0.1) is 0 Å². The van der Waals surface area contributed by atoms with E-state index in [1.165, 1.54) is 12.4 Å². The van der Waals surface area contributed by atoms with Crippen molar-refractivity contribution in [2.75, 3.05) is 0 Å². The van der Waals surface area contributed by atoms with Crippen molar-refractivity contribution in [3.63, 3.8) is 0 Å². The Morgan fingerprint density at radius 3 is 2.76 bits per heavy atom. The molecule has 0 saturated heterocycles. The van der Waals surface area contributed by atoms with Crippen molar-refractivity contribution in [3.05, 3.63) is 78.3 Å². The molecule has 0 aliphatic heterocycles. The van der Waals surface area contributed by atoms with Crippen LogP contribution in [0.2, 0.25) is 0 Å². The smallest absolute Gasteiger partial charge is 0.258 e. The number of carbonyl (C=O) groups is 1. The molecule has 0 bridgehead atoms. The molecule has 0 radical (unpaired) electrons. The molecule has 2 heterocycles. The van der Waals surface area contributed by atoms with Crippen LogP contribution in [-0.2, 0) is 17.9 Å². The van der Waals surface area contributed by atoms with Crippen LogP contribution in [0, 0.1) is 11.6 Å². The van der Waals surface area contributed by atoms with Crippen LogP contribution in [0.25, 0.3) is 23.0 Å². The summed E-state index contributed by atoms with van der Waals surface area (Å²) in [7, 11) is 0. The first-order valence-electron chi connectivity index (χ1n) is 8.70. The van der Waals surface area contributed by atoms with Crippen LogP contribution in [0.1, 0.15) is 5.56 Å². The number of rotatable bonds is 6. The van der Waals surface area contributed by atoms with Crippen LogP contribution in [-0.4, -0.2) is 25.6 Å². The summed E-state index contributed by atoms with van der Waals surface area (Å²) in [6, 6.07) is 12.5. The molecule has 0 aliphatic rings. The Bertz CT molecular complexity index is 1140. The fourth-order valence-electron chi connectivity index (χ4n) is 2.67. The fraction of sp³-hybridized carbons (Fsp3) is 0.100. The summed E-state index contributed by atoms with van der Waals surface area (Å²) in [5.74, 6) is -1.05. The SMILES string of the molecule is O=C(Cn1cnc(-c2noc(-c3ccccc3)n2)c1)NCc1ccc(F)cc1F. The van der Waals surface area contributed by atoms with Gasteiger partial charge in [-0.2, -0.15) is 4.98 Å². The zero-order valence-electron chi connectivity index (χ0n) is 15.0. The second-order valence-electron chi connectivity index (χ2n) is 6.23. The Balaban J connectivity index is 1.38. The summed E-state index contributed by atoms with van der Waals surface area (Å²) >= 11 is 0. The van der Waals surface area contributed by atoms with Gasteiger partial charge in [-0.25, -0.2) is 13.8 Å². The molecule has 0 fully saturated rings. The first-order valence-corrected chi connectivity index (χ1v) is 8.70. The van der Waals surface area contributed by atoms with E-state index < -0.39 is 11.6 Å². The monoisotopic (exact) mass is 395 g/mol. The van der Waals surface area contributed by atoms with E-state index in [9.17, 15) is 13.6 Å². The lowest BCUT2D eigenvalue weighted by atomic mass is 10.2. The maximum atomic E-state index is 13.6. The Labute approximate surface area is 164 Å². The van der Waals surface area contributed by atoms with E-state index in [0.717, 1.165) is 17.7 Å². The van der Waals surface area contributed by atoms with Gasteiger partial charge in [0, 0.05) is 29.9 Å². The maximum absolute atomic E-state index is 13.6. The van der Waals surface area contributed by atoms with E-state index in [0.29, 0.717) is 17.4 Å². The van der Waals surface area contributed by atoms with E-state index >= 15 is 0 Å². The van der Waals surface area contributed by atoms with Crippen LogP contribution in [0.15, 0.2) is 65.6 Å². The molecule has 7 nitrogen and oxygen atoms in total. The number of aromatic nitrogens is 4. The second kappa shape index (κ2) is 8.01. The van der Waals surface area contributed by atoms with Crippen molar-refractivity contribution in [2.45, 2.75) is 13.1 Å². The van der Waals surface area contributed by atoms with Crippen molar-refractivity contribution in [3.8, 4) is 23.0 Å². The summed E-state index contributed by atoms with van der Waals surface area (Å²) < 4.78 is 33.3. The van der Waals surface area contributed by atoms with Crippen LogP contribution >= 0.6 is 0 Å². The third-order valence-electron chi connectivity index (χ3n) is 4.13. The summed E-state index contributed by atoms with van der Waals surface area (Å²) in [6.07, 6.45) is 3.07. The largest absolute Gasteiger partial charge is 0.350 e. The topological polar surface area (TPSA) is 85.8 Å². The van der Waals surface area contributed by atoms with Gasteiger partial charge in [0.2, 0.25) is 11.7 Å². The lowest BCUT2D eigenvalue weighted by molar-refractivity contribution is -0.121. The number of carbonyl (C=O) groups excluding carboxylic acids is 1. The molecular weight excluding hydrogens is 380 g/mol. The second-order valence-corrected chi connectivity index (χ2v) is 6.23. The minimum absolute atomic E-state index is 0.0286. The van der Waals surface area contributed by atoms with Crippen LogP contribution in [0.3, 0.4) is 0 Å². The number of halogens is 2. The molecule has 4 rings (SSSR count). The number of nitrogens with zero attached hydrogens (tertiary/aromatic N) is 4. The number of nitrogens with one attached hydrogen (secondary N) is 1. The minimum atomic E-state index is -0.707. The zero-order chi connectivity index (χ0) is 20.2. The number of imidazole rings is 1. The van der Waals surface area contributed by atoms with Crippen molar-refractivity contribution in [1.82, 2.24) is 25.0 Å². The summed E-state index contributed by atoms with van der Waals surface area (Å²) in [6.45, 7) is -0.0724. The summed E-state index contributed by atoms with van der Waals surface area (Å²) in [5, 5.41) is 6.50. The van der Waals surface area contributed by atoms with E-state index in [1.54, 1.807) is 10.8 Å². The summed E-state index contributed by atoms with van der Waals surface area (Å²) in [4.78, 5) is 20.6. The third kappa shape index (κ3) is 4.34. The molecule has 1 N–H and O–H groups in total. The molecule has 146 valence electrons. The van der Waals surface area contributed by atoms with Crippen molar-refractivity contribution in [2.24, 2.45) is 0 Å². The van der Waals surface area contributed by atoms with Crippen molar-refractivity contribution in [1.29, 1.82) is 0 Å². The highest BCUT2D eigenvalue weighted by atomic mass is 19.1. The molecule has 1 amide bonds. The molecule has 0 spiro atoms. The fourth-order valence-corrected chi connectivity index (χ4v) is 2.67. The first-order chi connectivity index (χ1) is 14.1. The zero-order valence-corrected chi connectivity index (χ0v) is 15.0. The molecular formula is C20H15F2N5O2. The van der Waals surface area contributed by atoms with E-state index in [1.807, 2.05) is 30.3 Å². The summed E-state index contributed by atoms with van der Waals surface area (Å²) in [5.41, 5.74) is 1.44. The molecule has 0 atom stereocenters. The highest BCUT2D eigenvalue weighted by Crippen LogP contribution is 2.20. The number of amides is 1. The standard InChI is InChI=1S/C20H15F2N5O2/c21-15-7-6-14(16(22)8-15)9-23-18(28)11-27-10-17(24-12-27)19-25-20(29-26-19)13-4-2-1-3-5-13/h1-8,10,12H,9,11H2,(H,23,28). The van der Waals surface area contributed by atoms with E-state index in [4.69, 9.17) is 4.52 Å². The average Bonchev–Trinajstić information content (AvgIpc) is 3.37. The van der Waals surface area contributed by atoms with E-state index in [-0.39, 0.29) is 24.6 Å². The third-order valence-corrected chi connectivity index (χ3v) is 4.13. The predicted octanol–water partition coefficient (Wildman–Crippen LogP) is 3.19. The van der Waals surface area contributed by atoms with Crippen molar-refractivity contribution < 1.29 is 18.1 Å². The first kappa shape index (κ1) is 18.5. The lowest BCUT2D eigenvalue weighted by Crippen LogP contribution is -2.27. The van der Waals surface area contributed by atoms with Gasteiger partial charge in [0.15, 0.2) is 0 Å². The van der Waals surface area contributed by atoms with Crippen LogP contribution in [0.5, 0.6) is 0 Å². The number of hydrogen-bond donors (Lipinski definition) is 1. The molecule has 0 unspecified atom stereocenters. The Hall–Kier alpha value is -3.88. The maximum Gasteiger partial charge on any atom is 0.258 e. The van der Waals surface area contributed by atoms with Crippen LogP contribution < -0.4 is 5.32 Å². The van der Waals surface area contributed by atoms with Gasteiger partial charge in [-0.1, -0.05) is 29.4 Å². The van der Waals surface area contributed by atoms with Gasteiger partial charge in [0.25, 0.3) is 5.89 Å². The van der Waals surface area contributed by atoms with Gasteiger partial charge in [0.05, 0.1) is 6.33 Å². The van der Waals surface area contributed by atoms with Gasteiger partial charge in [-0.3, -0.25) is 4.79 Å². The van der Waals surface area contributed by atoms with Gasteiger partial charge < -0.3 is 14.4 Å². The molecule has 2 aromatic heterocycles. The molecule has 29 heavy (non-hydrogen) atoms. The highest BCUT2D eigenvalue weighted by molar-refractivity contribution is 5.75. The number of hydrogen-bond acceptors (Lipinski definition) is 5. The van der Waals surface area contributed by atoms with Gasteiger partial charge in [-0.05, 0) is 18.2 Å². The Morgan fingerprint density at radius 2 is 1.97 bits per heavy atom. The van der Waals surface area contributed by atoms with Crippen molar-refractivity contribution >= 4 is 5.91 Å². The molecule has 4 aromatic rings. The molecule has 0 aliphatic carbocycles. The quantitative estimate of drug-likeness (QED) is 0.542. The van der Waals surface area contributed by atoms with Gasteiger partial charge in [0.1, 0.15) is 23.9 Å². The predicted molar refractivity (Wildman–Crippen MR) is 99.2 cm³/mol. The number of benzene rings is 2. The molecule has 2 aromatic carbocycles. The highest BCUT2D eigenvalue weighted by Gasteiger charge is 2.14. The Morgan fingerprint density at radius 1 is 1.14 bits per heavy atom. The average molecular weight is 395 g/mol. The lowest BCUT2D eigenvalue weighted by Gasteiger charge is -2.06. The van der Waals surface area contributed by atoms with Crippen LogP contribution in [0.4, 0.5) is 8.78 Å². The normalized spacial score (nSPS) is 10.8. The Kier molecular flexibility index (Phi) is 5.10. The molecule has 0 saturated carbocycles. The molecule has 9 heteroatoms.